The van der Waals surface area contributed by atoms with Crippen LogP contribution in [-0.2, 0) is 19.5 Å². The maximum absolute atomic E-state index is 6.00. The molecule has 0 bridgehead atoms. The zero-order valence-corrected chi connectivity index (χ0v) is 13.8. The molecule has 0 atom stereocenters. The van der Waals surface area contributed by atoms with Crippen LogP contribution in [0.2, 0.25) is 0 Å². The summed E-state index contributed by atoms with van der Waals surface area (Å²) in [4.78, 5) is 0. The number of para-hydroxylation sites is 1. The van der Waals surface area contributed by atoms with E-state index in [2.05, 4.69) is 66.0 Å². The molecule has 0 aliphatic carbocycles. The molecule has 3 rings (SSSR count). The van der Waals surface area contributed by atoms with Crippen LogP contribution in [0.5, 0.6) is 5.75 Å². The van der Waals surface area contributed by atoms with Gasteiger partial charge >= 0.3 is 0 Å². The molecular weight excluding hydrogens is 294 g/mol. The average Bonchev–Trinajstić information content (AvgIpc) is 2.65. The van der Waals surface area contributed by atoms with Crippen LogP contribution in [0.1, 0.15) is 16.7 Å². The molecular formula is C22H23NO. The molecule has 3 aromatic carbocycles. The van der Waals surface area contributed by atoms with Crippen LogP contribution in [0.25, 0.3) is 0 Å². The number of rotatable bonds is 8. The molecule has 0 amide bonds. The monoisotopic (exact) mass is 317 g/mol. The van der Waals surface area contributed by atoms with Gasteiger partial charge in [-0.05, 0) is 17.2 Å². The molecule has 0 fully saturated rings. The average molecular weight is 317 g/mol. The van der Waals surface area contributed by atoms with Gasteiger partial charge in [-0.25, -0.2) is 0 Å². The van der Waals surface area contributed by atoms with Crippen molar-refractivity contribution in [3.05, 3.63) is 102 Å². The minimum atomic E-state index is 0.694. The van der Waals surface area contributed by atoms with Crippen molar-refractivity contribution in [2.45, 2.75) is 19.5 Å². The number of hydrogen-bond acceptors (Lipinski definition) is 2. The Labute approximate surface area is 144 Å². The van der Waals surface area contributed by atoms with Crippen LogP contribution >= 0.6 is 0 Å². The summed E-state index contributed by atoms with van der Waals surface area (Å²) in [6, 6.07) is 29.1. The molecule has 3 aromatic rings. The molecule has 1 N–H and O–H groups in total. The van der Waals surface area contributed by atoms with E-state index >= 15 is 0 Å². The second-order valence-electron chi connectivity index (χ2n) is 5.78. The summed E-state index contributed by atoms with van der Waals surface area (Å²) < 4.78 is 6.00. The first-order valence-corrected chi connectivity index (χ1v) is 8.41. The predicted octanol–water partition coefficient (Wildman–Crippen LogP) is 4.60. The Morgan fingerprint density at radius 3 is 2.00 bits per heavy atom. The lowest BCUT2D eigenvalue weighted by Gasteiger charge is -2.12. The zero-order valence-electron chi connectivity index (χ0n) is 13.8. The van der Waals surface area contributed by atoms with Gasteiger partial charge in [0.15, 0.2) is 0 Å². The number of hydrogen-bond donors (Lipinski definition) is 1. The van der Waals surface area contributed by atoms with Gasteiger partial charge in [0.1, 0.15) is 5.75 Å². The van der Waals surface area contributed by atoms with E-state index in [1.165, 1.54) is 16.7 Å². The molecule has 122 valence electrons. The lowest BCUT2D eigenvalue weighted by Crippen LogP contribution is -2.14. The number of ether oxygens (including phenoxy) is 1. The van der Waals surface area contributed by atoms with Gasteiger partial charge in [0, 0.05) is 25.1 Å². The van der Waals surface area contributed by atoms with Crippen molar-refractivity contribution >= 4 is 0 Å². The van der Waals surface area contributed by atoms with Gasteiger partial charge in [-0.1, -0.05) is 78.9 Å². The molecule has 0 aromatic heterocycles. The van der Waals surface area contributed by atoms with Crippen LogP contribution in [0.15, 0.2) is 84.9 Å². The third-order valence-electron chi connectivity index (χ3n) is 3.95. The van der Waals surface area contributed by atoms with Crippen molar-refractivity contribution in [3.63, 3.8) is 0 Å². The Morgan fingerprint density at radius 2 is 1.25 bits per heavy atom. The fourth-order valence-corrected chi connectivity index (χ4v) is 2.65. The van der Waals surface area contributed by atoms with Crippen LogP contribution in [0.3, 0.4) is 0 Å². The maximum atomic E-state index is 6.00. The number of benzene rings is 3. The van der Waals surface area contributed by atoms with Crippen molar-refractivity contribution in [1.29, 1.82) is 0 Å². The van der Waals surface area contributed by atoms with Gasteiger partial charge < -0.3 is 10.1 Å². The Morgan fingerprint density at radius 1 is 0.625 bits per heavy atom. The van der Waals surface area contributed by atoms with Crippen molar-refractivity contribution in [1.82, 2.24) is 5.32 Å². The first-order valence-electron chi connectivity index (χ1n) is 8.41. The van der Waals surface area contributed by atoms with Crippen molar-refractivity contribution < 1.29 is 4.74 Å². The van der Waals surface area contributed by atoms with E-state index in [4.69, 9.17) is 4.74 Å². The SMILES string of the molecule is c1ccc(CCOc2ccccc2CNCc2ccccc2)cc1. The third-order valence-corrected chi connectivity index (χ3v) is 3.95. The fraction of sp³-hybridized carbons (Fsp3) is 0.182. The second-order valence-corrected chi connectivity index (χ2v) is 5.78. The zero-order chi connectivity index (χ0) is 16.5. The van der Waals surface area contributed by atoms with Crippen LogP contribution in [-0.4, -0.2) is 6.61 Å². The summed E-state index contributed by atoms with van der Waals surface area (Å²) in [6.07, 6.45) is 0.923. The summed E-state index contributed by atoms with van der Waals surface area (Å²) in [5, 5.41) is 3.49. The van der Waals surface area contributed by atoms with Crippen LogP contribution in [0.4, 0.5) is 0 Å². The van der Waals surface area contributed by atoms with Gasteiger partial charge in [0.25, 0.3) is 0 Å². The van der Waals surface area contributed by atoms with E-state index in [0.29, 0.717) is 6.61 Å². The minimum Gasteiger partial charge on any atom is -0.493 e. The minimum absolute atomic E-state index is 0.694. The second kappa shape index (κ2) is 8.90. The fourth-order valence-electron chi connectivity index (χ4n) is 2.65. The Balaban J connectivity index is 1.51. The van der Waals surface area contributed by atoms with E-state index in [9.17, 15) is 0 Å². The van der Waals surface area contributed by atoms with Crippen LogP contribution in [0, 0.1) is 0 Å². The van der Waals surface area contributed by atoms with Crippen molar-refractivity contribution in [2.24, 2.45) is 0 Å². The highest BCUT2D eigenvalue weighted by molar-refractivity contribution is 5.33. The van der Waals surface area contributed by atoms with Gasteiger partial charge in [-0.3, -0.25) is 0 Å². The summed E-state index contributed by atoms with van der Waals surface area (Å²) in [5.74, 6) is 0.967. The van der Waals surface area contributed by atoms with Crippen LogP contribution < -0.4 is 10.1 Å². The molecule has 0 saturated heterocycles. The van der Waals surface area contributed by atoms with Gasteiger partial charge in [-0.15, -0.1) is 0 Å². The van der Waals surface area contributed by atoms with E-state index in [-0.39, 0.29) is 0 Å². The first-order chi connectivity index (χ1) is 11.9. The highest BCUT2D eigenvalue weighted by atomic mass is 16.5. The molecule has 0 aliphatic heterocycles. The van der Waals surface area contributed by atoms with E-state index in [1.807, 2.05) is 24.3 Å². The predicted molar refractivity (Wildman–Crippen MR) is 99.1 cm³/mol. The van der Waals surface area contributed by atoms with E-state index < -0.39 is 0 Å². The molecule has 2 nitrogen and oxygen atoms in total. The summed E-state index contributed by atoms with van der Waals surface area (Å²) in [5.41, 5.74) is 3.79. The Kier molecular flexibility index (Phi) is 6.04. The molecule has 24 heavy (non-hydrogen) atoms. The molecule has 0 radical (unpaired) electrons. The van der Waals surface area contributed by atoms with E-state index in [0.717, 1.165) is 25.3 Å². The molecule has 0 saturated carbocycles. The third kappa shape index (κ3) is 4.97. The van der Waals surface area contributed by atoms with Crippen molar-refractivity contribution in [2.75, 3.05) is 6.61 Å². The quantitative estimate of drug-likeness (QED) is 0.655. The number of nitrogens with one attached hydrogen (secondary N) is 1. The lowest BCUT2D eigenvalue weighted by atomic mass is 10.1. The largest absolute Gasteiger partial charge is 0.493 e. The normalized spacial score (nSPS) is 10.5. The highest BCUT2D eigenvalue weighted by Gasteiger charge is 2.03. The lowest BCUT2D eigenvalue weighted by molar-refractivity contribution is 0.317. The first kappa shape index (κ1) is 16.3. The van der Waals surface area contributed by atoms with Gasteiger partial charge in [-0.2, -0.15) is 0 Å². The maximum Gasteiger partial charge on any atom is 0.123 e. The highest BCUT2D eigenvalue weighted by Crippen LogP contribution is 2.18. The molecule has 0 heterocycles. The van der Waals surface area contributed by atoms with E-state index in [1.54, 1.807) is 0 Å². The summed E-state index contributed by atoms with van der Waals surface area (Å²) >= 11 is 0. The Hall–Kier alpha value is -2.58. The molecule has 2 heteroatoms. The van der Waals surface area contributed by atoms with Gasteiger partial charge in [0.2, 0.25) is 0 Å². The summed E-state index contributed by atoms with van der Waals surface area (Å²) in [7, 11) is 0. The molecule has 0 aliphatic rings. The summed E-state index contributed by atoms with van der Waals surface area (Å²) in [6.45, 7) is 2.36. The Bertz CT molecular complexity index is 661. The topological polar surface area (TPSA) is 21.3 Å². The molecule has 0 unspecified atom stereocenters. The standard InChI is InChI=1S/C22H23NO/c1-3-9-19(10-4-1)15-16-24-22-14-8-7-13-21(22)18-23-17-20-11-5-2-6-12-20/h1-14,23H,15-18H2. The van der Waals surface area contributed by atoms with Gasteiger partial charge in [0.05, 0.1) is 6.61 Å². The smallest absolute Gasteiger partial charge is 0.123 e. The molecule has 0 spiro atoms. The van der Waals surface area contributed by atoms with Crippen molar-refractivity contribution in [3.8, 4) is 5.75 Å².